The van der Waals surface area contributed by atoms with Gasteiger partial charge in [0.15, 0.2) is 0 Å². The van der Waals surface area contributed by atoms with Crippen LogP contribution in [0, 0.1) is 5.82 Å². The minimum absolute atomic E-state index is 0. The molecule has 84 valence electrons. The second-order valence-electron chi connectivity index (χ2n) is 2.89. The zero-order valence-corrected chi connectivity index (χ0v) is 10.2. The van der Waals surface area contributed by atoms with Crippen LogP contribution in [-0.4, -0.2) is 0 Å². The van der Waals surface area contributed by atoms with E-state index in [4.69, 9.17) is 28.9 Å². The van der Waals surface area contributed by atoms with Gasteiger partial charge in [0.1, 0.15) is 5.82 Å². The van der Waals surface area contributed by atoms with Crippen molar-refractivity contribution in [2.24, 2.45) is 5.73 Å². The Bertz CT molecular complexity index is 355. The Labute approximate surface area is 104 Å². The van der Waals surface area contributed by atoms with Gasteiger partial charge in [-0.25, -0.2) is 4.39 Å². The highest BCUT2D eigenvalue weighted by atomic mass is 35.5. The van der Waals surface area contributed by atoms with Gasteiger partial charge in [-0.05, 0) is 18.6 Å². The quantitative estimate of drug-likeness (QED) is 0.648. The fourth-order valence-corrected chi connectivity index (χ4v) is 1.64. The fraction of sp³-hybridized carbons (Fsp3) is 0.200. The molecule has 0 aliphatic carbocycles. The Morgan fingerprint density at radius 2 is 2.07 bits per heavy atom. The highest BCUT2D eigenvalue weighted by molar-refractivity contribution is 6.42. The monoisotopic (exact) mass is 269 g/mol. The molecule has 0 amide bonds. The van der Waals surface area contributed by atoms with Crippen molar-refractivity contribution in [3.05, 3.63) is 46.2 Å². The minimum Gasteiger partial charge on any atom is -0.324 e. The van der Waals surface area contributed by atoms with Gasteiger partial charge in [-0.2, -0.15) is 0 Å². The van der Waals surface area contributed by atoms with Crippen molar-refractivity contribution in [2.45, 2.75) is 12.5 Å². The molecule has 1 atom stereocenters. The first-order chi connectivity index (χ1) is 6.57. The molecule has 0 fully saturated rings. The average Bonchev–Trinajstić information content (AvgIpc) is 2.13. The summed E-state index contributed by atoms with van der Waals surface area (Å²) in [6.45, 7) is 3.53. The minimum atomic E-state index is -0.501. The zero-order valence-electron chi connectivity index (χ0n) is 7.84. The van der Waals surface area contributed by atoms with Crippen LogP contribution >= 0.6 is 35.6 Å². The second kappa shape index (κ2) is 6.33. The molecular formula is C10H11Cl3FN. The Morgan fingerprint density at radius 1 is 1.47 bits per heavy atom. The van der Waals surface area contributed by atoms with E-state index < -0.39 is 11.9 Å². The Morgan fingerprint density at radius 3 is 2.60 bits per heavy atom. The third-order valence-corrected chi connectivity index (χ3v) is 2.69. The van der Waals surface area contributed by atoms with Crippen molar-refractivity contribution in [1.82, 2.24) is 0 Å². The lowest BCUT2D eigenvalue weighted by atomic mass is 10.0. The van der Waals surface area contributed by atoms with E-state index in [1.165, 1.54) is 12.1 Å². The van der Waals surface area contributed by atoms with Gasteiger partial charge in [0.05, 0.1) is 10.0 Å². The Hall–Kier alpha value is -0.280. The number of nitrogens with two attached hydrogens (primary N) is 1. The van der Waals surface area contributed by atoms with Crippen LogP contribution in [-0.2, 0) is 0 Å². The maximum atomic E-state index is 13.3. The van der Waals surface area contributed by atoms with E-state index in [-0.39, 0.29) is 23.0 Å². The molecule has 1 aromatic carbocycles. The van der Waals surface area contributed by atoms with Crippen molar-refractivity contribution in [3.63, 3.8) is 0 Å². The van der Waals surface area contributed by atoms with Crippen LogP contribution in [0.4, 0.5) is 4.39 Å². The Kier molecular flexibility index (Phi) is 6.22. The summed E-state index contributed by atoms with van der Waals surface area (Å²) in [4.78, 5) is 0. The predicted octanol–water partition coefficient (Wildman–Crippen LogP) is 4.13. The number of benzene rings is 1. The molecule has 0 spiro atoms. The molecule has 0 aliphatic rings. The molecule has 2 N–H and O–H groups in total. The summed E-state index contributed by atoms with van der Waals surface area (Å²) < 4.78 is 13.3. The van der Waals surface area contributed by atoms with Gasteiger partial charge in [-0.1, -0.05) is 29.3 Å². The molecule has 0 saturated carbocycles. The van der Waals surface area contributed by atoms with Crippen molar-refractivity contribution in [2.75, 3.05) is 0 Å². The van der Waals surface area contributed by atoms with Gasteiger partial charge in [0.2, 0.25) is 0 Å². The van der Waals surface area contributed by atoms with E-state index in [1.807, 2.05) is 0 Å². The number of halogens is 4. The van der Waals surface area contributed by atoms with E-state index in [1.54, 1.807) is 6.08 Å². The average molecular weight is 271 g/mol. The van der Waals surface area contributed by atoms with Gasteiger partial charge in [0.25, 0.3) is 0 Å². The van der Waals surface area contributed by atoms with Crippen LogP contribution in [0.5, 0.6) is 0 Å². The van der Waals surface area contributed by atoms with Crippen LogP contribution in [0.25, 0.3) is 0 Å². The molecule has 1 nitrogen and oxygen atoms in total. The summed E-state index contributed by atoms with van der Waals surface area (Å²) in [5.41, 5.74) is 5.97. The molecule has 1 rings (SSSR count). The van der Waals surface area contributed by atoms with Crippen molar-refractivity contribution < 1.29 is 4.39 Å². The van der Waals surface area contributed by atoms with Crippen LogP contribution in [0.1, 0.15) is 18.0 Å². The van der Waals surface area contributed by atoms with Crippen LogP contribution < -0.4 is 5.73 Å². The summed E-state index contributed by atoms with van der Waals surface area (Å²) in [5, 5.41) is 0.489. The van der Waals surface area contributed by atoms with Crippen molar-refractivity contribution in [3.8, 4) is 0 Å². The summed E-state index contributed by atoms with van der Waals surface area (Å²) in [6, 6.07) is 2.16. The van der Waals surface area contributed by atoms with Gasteiger partial charge in [-0.3, -0.25) is 0 Å². The maximum Gasteiger partial charge on any atom is 0.129 e. The first-order valence-corrected chi connectivity index (χ1v) is 4.83. The summed E-state index contributed by atoms with van der Waals surface area (Å²) in [6.07, 6.45) is 2.07. The standard InChI is InChI=1S/C10H10Cl2FN.ClH/c1-2-3-8(14)9-7(13)5-4-6(11)10(9)12;/h2,4-5,8H,1,3,14H2;1H/t8-;/m1./s1. The van der Waals surface area contributed by atoms with Crippen molar-refractivity contribution in [1.29, 1.82) is 0 Å². The zero-order chi connectivity index (χ0) is 10.7. The first-order valence-electron chi connectivity index (χ1n) is 4.07. The lowest BCUT2D eigenvalue weighted by Gasteiger charge is -2.13. The topological polar surface area (TPSA) is 26.0 Å². The van der Waals surface area contributed by atoms with Gasteiger partial charge in [0, 0.05) is 11.6 Å². The SMILES string of the molecule is C=CC[C@@H](N)c1c(F)ccc(Cl)c1Cl.Cl. The van der Waals surface area contributed by atoms with E-state index >= 15 is 0 Å². The summed E-state index contributed by atoms with van der Waals surface area (Å²) in [5.74, 6) is -0.436. The maximum absolute atomic E-state index is 13.3. The molecule has 0 aromatic heterocycles. The molecule has 1 aromatic rings. The molecule has 15 heavy (non-hydrogen) atoms. The predicted molar refractivity (Wildman–Crippen MR) is 65.4 cm³/mol. The molecule has 0 aliphatic heterocycles. The van der Waals surface area contributed by atoms with E-state index in [9.17, 15) is 4.39 Å². The number of hydrogen-bond donors (Lipinski definition) is 1. The van der Waals surface area contributed by atoms with E-state index in [0.29, 0.717) is 11.4 Å². The van der Waals surface area contributed by atoms with Gasteiger partial charge >= 0.3 is 0 Å². The number of hydrogen-bond acceptors (Lipinski definition) is 1. The number of rotatable bonds is 3. The van der Waals surface area contributed by atoms with Crippen LogP contribution in [0.2, 0.25) is 10.0 Å². The molecule has 0 bridgehead atoms. The third-order valence-electron chi connectivity index (χ3n) is 1.87. The third kappa shape index (κ3) is 3.35. The largest absolute Gasteiger partial charge is 0.324 e. The molecular weight excluding hydrogens is 259 g/mol. The van der Waals surface area contributed by atoms with Crippen LogP contribution in [0.15, 0.2) is 24.8 Å². The lowest BCUT2D eigenvalue weighted by molar-refractivity contribution is 0.584. The van der Waals surface area contributed by atoms with E-state index in [2.05, 4.69) is 6.58 Å². The smallest absolute Gasteiger partial charge is 0.129 e. The van der Waals surface area contributed by atoms with Crippen LogP contribution in [0.3, 0.4) is 0 Å². The lowest BCUT2D eigenvalue weighted by Crippen LogP contribution is -2.12. The second-order valence-corrected chi connectivity index (χ2v) is 3.67. The first kappa shape index (κ1) is 14.7. The molecule has 0 radical (unpaired) electrons. The molecule has 0 unspecified atom stereocenters. The van der Waals surface area contributed by atoms with E-state index in [0.717, 1.165) is 0 Å². The molecule has 0 saturated heterocycles. The van der Waals surface area contributed by atoms with Gasteiger partial charge in [-0.15, -0.1) is 19.0 Å². The molecule has 0 heterocycles. The molecule has 5 heteroatoms. The highest BCUT2D eigenvalue weighted by Gasteiger charge is 2.16. The summed E-state index contributed by atoms with van der Waals surface area (Å²) >= 11 is 11.6. The van der Waals surface area contributed by atoms with Gasteiger partial charge < -0.3 is 5.73 Å². The normalized spacial score (nSPS) is 11.7. The Balaban J connectivity index is 0.00000196. The highest BCUT2D eigenvalue weighted by Crippen LogP contribution is 2.32. The van der Waals surface area contributed by atoms with Crippen molar-refractivity contribution >= 4 is 35.6 Å². The summed E-state index contributed by atoms with van der Waals surface area (Å²) in [7, 11) is 0. The fourth-order valence-electron chi connectivity index (χ4n) is 1.18.